The number of pyridine rings is 1. The van der Waals surface area contributed by atoms with Gasteiger partial charge in [0.05, 0.1) is 26.4 Å². The molecule has 1 N–H and O–H groups in total. The van der Waals surface area contributed by atoms with Crippen molar-refractivity contribution < 1.29 is 36.8 Å². The summed E-state index contributed by atoms with van der Waals surface area (Å²) in [6, 6.07) is 13.1. The third-order valence-corrected chi connectivity index (χ3v) is 11.1. The molecule has 2 aromatic rings. The van der Waals surface area contributed by atoms with Gasteiger partial charge in [0.25, 0.3) is 0 Å². The van der Waals surface area contributed by atoms with Crippen LogP contribution < -0.4 is 5.32 Å². The van der Waals surface area contributed by atoms with Gasteiger partial charge in [-0.1, -0.05) is 36.4 Å². The lowest BCUT2D eigenvalue weighted by Gasteiger charge is -2.32. The molecule has 0 aliphatic heterocycles. The van der Waals surface area contributed by atoms with Gasteiger partial charge in [0.1, 0.15) is 11.7 Å². The minimum atomic E-state index is -4.18. The van der Waals surface area contributed by atoms with Crippen LogP contribution in [-0.2, 0) is 32.0 Å². The number of benzene rings is 1. The molecule has 0 spiro atoms. The van der Waals surface area contributed by atoms with Crippen molar-refractivity contribution in [2.24, 2.45) is 5.92 Å². The van der Waals surface area contributed by atoms with Gasteiger partial charge in [-0.3, -0.25) is 18.7 Å². The largest absolute Gasteiger partial charge is 0.345 e. The summed E-state index contributed by atoms with van der Waals surface area (Å²) in [5.41, 5.74) is 0.253. The van der Waals surface area contributed by atoms with Crippen molar-refractivity contribution in [2.75, 3.05) is 31.7 Å². The second kappa shape index (κ2) is 14.5. The molecule has 1 heterocycles. The van der Waals surface area contributed by atoms with Crippen LogP contribution in [0.3, 0.4) is 0 Å². The number of nitrogens with one attached hydrogen (secondary N) is 1. The predicted molar refractivity (Wildman–Crippen MR) is 137 cm³/mol. The van der Waals surface area contributed by atoms with E-state index in [0.29, 0.717) is 0 Å². The molecule has 0 aliphatic rings. The fourth-order valence-electron chi connectivity index (χ4n) is 3.57. The molecule has 1 aromatic heterocycles. The molecule has 1 amide bonds. The average molecular weight is 540 g/mol. The van der Waals surface area contributed by atoms with Crippen LogP contribution in [0.15, 0.2) is 54.7 Å². The van der Waals surface area contributed by atoms with Crippen molar-refractivity contribution in [3.05, 3.63) is 60.3 Å². The van der Waals surface area contributed by atoms with Crippen molar-refractivity contribution in [3.8, 4) is 0 Å². The van der Waals surface area contributed by atoms with Crippen molar-refractivity contribution in [1.82, 2.24) is 4.98 Å². The highest BCUT2D eigenvalue weighted by Crippen LogP contribution is 2.72. The fourth-order valence-corrected chi connectivity index (χ4v) is 8.97. The minimum absolute atomic E-state index is 0.0243. The Morgan fingerprint density at radius 1 is 0.806 bits per heavy atom. The van der Waals surface area contributed by atoms with E-state index in [9.17, 15) is 18.7 Å². The molecule has 36 heavy (non-hydrogen) atoms. The van der Waals surface area contributed by atoms with Crippen LogP contribution in [0.4, 0.5) is 5.82 Å². The first-order valence-electron chi connectivity index (χ1n) is 11.8. The number of nitrogens with zero attached hydrogens (tertiary/aromatic N) is 1. The first-order chi connectivity index (χ1) is 17.2. The van der Waals surface area contributed by atoms with Crippen LogP contribution in [0, 0.1) is 5.92 Å². The molecule has 1 unspecified atom stereocenters. The highest BCUT2D eigenvalue weighted by Gasteiger charge is 2.53. The number of carbonyl (C=O) groups excluding carboxylic acids is 2. The van der Waals surface area contributed by atoms with E-state index in [-0.39, 0.29) is 37.8 Å². The van der Waals surface area contributed by atoms with Gasteiger partial charge in [-0.05, 0) is 46.2 Å². The van der Waals surface area contributed by atoms with Gasteiger partial charge in [0, 0.05) is 11.8 Å². The molecule has 2 rings (SSSR count). The summed E-state index contributed by atoms with van der Waals surface area (Å²) < 4.78 is 49.9. The number of anilines is 1. The van der Waals surface area contributed by atoms with Gasteiger partial charge in [-0.2, -0.15) is 0 Å². The van der Waals surface area contributed by atoms with E-state index in [1.54, 1.807) is 76.2 Å². The van der Waals surface area contributed by atoms with E-state index in [4.69, 9.17) is 18.1 Å². The summed E-state index contributed by atoms with van der Waals surface area (Å²) in [5, 5.41) is 1.08. The van der Waals surface area contributed by atoms with Crippen LogP contribution in [-0.4, -0.2) is 48.5 Å². The number of hydrogen-bond acceptors (Lipinski definition) is 9. The van der Waals surface area contributed by atoms with E-state index in [0.717, 1.165) is 0 Å². The maximum absolute atomic E-state index is 14.0. The minimum Gasteiger partial charge on any atom is -0.310 e. The molecule has 1 atom stereocenters. The monoisotopic (exact) mass is 540 g/mol. The number of ketones is 1. The Labute approximate surface area is 212 Å². The van der Waals surface area contributed by atoms with Crippen LogP contribution in [0.25, 0.3) is 0 Å². The molecule has 0 fully saturated rings. The summed E-state index contributed by atoms with van der Waals surface area (Å²) in [6.07, 6.45) is 1.02. The number of Topliss-reactive ketones (excluding diaryl/α,β-unsaturated/α-hetero) is 1. The third-order valence-electron chi connectivity index (χ3n) is 5.02. The topological polar surface area (TPSA) is 130 Å². The quantitative estimate of drug-likeness (QED) is 0.160. The molecule has 0 radical (unpaired) electrons. The molecular formula is C24H34N2O8P2. The molecular weight excluding hydrogens is 506 g/mol. The van der Waals surface area contributed by atoms with E-state index in [1.165, 1.54) is 6.20 Å². The zero-order chi connectivity index (χ0) is 26.6. The van der Waals surface area contributed by atoms with Crippen molar-refractivity contribution in [3.63, 3.8) is 0 Å². The number of carbonyl (C=O) groups is 2. The van der Waals surface area contributed by atoms with Gasteiger partial charge in [-0.25, -0.2) is 4.98 Å². The maximum Gasteiger partial charge on any atom is 0.345 e. The third kappa shape index (κ3) is 7.90. The highest BCUT2D eigenvalue weighted by molar-refractivity contribution is 7.72. The SMILES string of the molecule is CCOP(=O)(OCC)C(CC(C(=O)Nc1ccccn1)C(=O)c1ccccc1)P(=O)(OCC)OCC. The lowest BCUT2D eigenvalue weighted by Crippen LogP contribution is -2.34. The Morgan fingerprint density at radius 2 is 1.31 bits per heavy atom. The standard InChI is InChI=1S/C24H34N2O8P2/c1-5-31-35(29,32-6-2)22(36(30,33-7-3)34-8-4)18-20(23(27)19-14-10-9-11-15-19)24(28)26-21-16-12-13-17-25-21/h9-17,20,22H,5-8,18H2,1-4H3,(H,25,26,28). The van der Waals surface area contributed by atoms with Gasteiger partial charge in [0.15, 0.2) is 11.2 Å². The zero-order valence-corrected chi connectivity index (χ0v) is 22.8. The molecule has 0 saturated heterocycles. The molecule has 1 aromatic carbocycles. The predicted octanol–water partition coefficient (Wildman–Crippen LogP) is 5.77. The molecule has 0 saturated carbocycles. The summed E-state index contributed by atoms with van der Waals surface area (Å²) in [7, 11) is -8.36. The number of aromatic nitrogens is 1. The van der Waals surface area contributed by atoms with Crippen LogP contribution in [0.1, 0.15) is 44.5 Å². The van der Waals surface area contributed by atoms with Gasteiger partial charge < -0.3 is 23.4 Å². The van der Waals surface area contributed by atoms with E-state index >= 15 is 0 Å². The Balaban J connectivity index is 2.61. The Hall–Kier alpha value is -2.19. The maximum atomic E-state index is 14.0. The lowest BCUT2D eigenvalue weighted by atomic mass is 9.94. The Kier molecular flexibility index (Phi) is 12.1. The van der Waals surface area contributed by atoms with E-state index in [1.807, 2.05) is 0 Å². The van der Waals surface area contributed by atoms with Gasteiger partial charge >= 0.3 is 15.2 Å². The number of hydrogen-bond donors (Lipinski definition) is 1. The van der Waals surface area contributed by atoms with E-state index in [2.05, 4.69) is 10.3 Å². The number of rotatable bonds is 16. The molecule has 0 aliphatic carbocycles. The molecule has 12 heteroatoms. The Bertz CT molecular complexity index is 1020. The first kappa shape index (κ1) is 30.0. The Morgan fingerprint density at radius 3 is 1.75 bits per heavy atom. The summed E-state index contributed by atoms with van der Waals surface area (Å²) >= 11 is 0. The fraction of sp³-hybridized carbons (Fsp3) is 0.458. The smallest absolute Gasteiger partial charge is 0.310 e. The lowest BCUT2D eigenvalue weighted by molar-refractivity contribution is -0.118. The van der Waals surface area contributed by atoms with Gasteiger partial charge in [-0.15, -0.1) is 0 Å². The molecule has 0 bridgehead atoms. The number of amides is 1. The second-order valence-electron chi connectivity index (χ2n) is 7.45. The second-order valence-corrected chi connectivity index (χ2v) is 12.3. The zero-order valence-electron chi connectivity index (χ0n) is 21.0. The van der Waals surface area contributed by atoms with Crippen molar-refractivity contribution >= 4 is 32.7 Å². The highest BCUT2D eigenvalue weighted by atomic mass is 31.2. The molecule has 198 valence electrons. The molecule has 10 nitrogen and oxygen atoms in total. The van der Waals surface area contributed by atoms with Crippen LogP contribution >= 0.6 is 15.2 Å². The average Bonchev–Trinajstić information content (AvgIpc) is 2.85. The summed E-state index contributed by atoms with van der Waals surface area (Å²) in [5.74, 6) is -2.48. The van der Waals surface area contributed by atoms with E-state index < -0.39 is 44.6 Å². The summed E-state index contributed by atoms with van der Waals surface area (Å²) in [6.45, 7) is 6.33. The summed E-state index contributed by atoms with van der Waals surface area (Å²) in [4.78, 5) is 31.1. The van der Waals surface area contributed by atoms with Gasteiger partial charge in [0.2, 0.25) is 5.91 Å². The normalized spacial score (nSPS) is 12.9. The van der Waals surface area contributed by atoms with Crippen molar-refractivity contribution in [2.45, 2.75) is 39.5 Å². The van der Waals surface area contributed by atoms with Crippen LogP contribution in [0.2, 0.25) is 0 Å². The van der Waals surface area contributed by atoms with Crippen molar-refractivity contribution in [1.29, 1.82) is 0 Å². The first-order valence-corrected chi connectivity index (χ1v) is 15.1. The van der Waals surface area contributed by atoms with Crippen LogP contribution in [0.5, 0.6) is 0 Å².